The van der Waals surface area contributed by atoms with Crippen LogP contribution in [0.15, 0.2) is 24.3 Å². The number of carbonyl (C=O) groups is 1. The van der Waals surface area contributed by atoms with E-state index in [1.54, 1.807) is 6.07 Å². The zero-order chi connectivity index (χ0) is 12.1. The van der Waals surface area contributed by atoms with E-state index in [2.05, 4.69) is 5.32 Å². The van der Waals surface area contributed by atoms with Gasteiger partial charge in [0.15, 0.2) is 0 Å². The van der Waals surface area contributed by atoms with Crippen molar-refractivity contribution < 1.29 is 4.79 Å². The fourth-order valence-corrected chi connectivity index (χ4v) is 1.71. The van der Waals surface area contributed by atoms with Gasteiger partial charge in [-0.3, -0.25) is 4.79 Å². The molecule has 1 aromatic carbocycles. The molecule has 0 bridgehead atoms. The van der Waals surface area contributed by atoms with Crippen LogP contribution in [-0.4, -0.2) is 11.9 Å². The highest BCUT2D eigenvalue weighted by atomic mass is 35.5. The van der Waals surface area contributed by atoms with Crippen LogP contribution in [-0.2, 0) is 4.79 Å². The summed E-state index contributed by atoms with van der Waals surface area (Å²) in [7, 11) is 0. The van der Waals surface area contributed by atoms with Gasteiger partial charge >= 0.3 is 0 Å². The standard InChI is InChI=1S/C12H17ClN2O/c1-3-11(14)12(16)15-8(2)9-6-4-5-7-10(9)13/h4-8,11H,3,14H2,1-2H3,(H,15,16)/t8-,11?/m0/s1. The first-order valence-corrected chi connectivity index (χ1v) is 5.74. The average Bonchev–Trinajstić information content (AvgIpc) is 2.28. The molecule has 0 aliphatic carbocycles. The van der Waals surface area contributed by atoms with Crippen molar-refractivity contribution in [1.82, 2.24) is 5.32 Å². The van der Waals surface area contributed by atoms with E-state index in [-0.39, 0.29) is 11.9 Å². The van der Waals surface area contributed by atoms with Gasteiger partial charge in [-0.05, 0) is 25.0 Å². The van der Waals surface area contributed by atoms with E-state index in [0.29, 0.717) is 11.4 Å². The molecule has 0 saturated carbocycles. The van der Waals surface area contributed by atoms with Crippen molar-refractivity contribution in [1.29, 1.82) is 0 Å². The van der Waals surface area contributed by atoms with Crippen molar-refractivity contribution in [2.45, 2.75) is 32.4 Å². The van der Waals surface area contributed by atoms with Crippen molar-refractivity contribution in [3.63, 3.8) is 0 Å². The van der Waals surface area contributed by atoms with E-state index in [1.165, 1.54) is 0 Å². The van der Waals surface area contributed by atoms with Gasteiger partial charge in [0.05, 0.1) is 12.1 Å². The highest BCUT2D eigenvalue weighted by Crippen LogP contribution is 2.21. The topological polar surface area (TPSA) is 55.1 Å². The van der Waals surface area contributed by atoms with Crippen LogP contribution >= 0.6 is 11.6 Å². The van der Waals surface area contributed by atoms with E-state index < -0.39 is 6.04 Å². The third kappa shape index (κ3) is 3.22. The first-order valence-electron chi connectivity index (χ1n) is 5.36. The zero-order valence-electron chi connectivity index (χ0n) is 9.53. The number of halogens is 1. The lowest BCUT2D eigenvalue weighted by Gasteiger charge is -2.18. The number of carbonyl (C=O) groups excluding carboxylic acids is 1. The smallest absolute Gasteiger partial charge is 0.237 e. The Labute approximate surface area is 101 Å². The summed E-state index contributed by atoms with van der Waals surface area (Å²) in [4.78, 5) is 11.6. The summed E-state index contributed by atoms with van der Waals surface area (Å²) in [5.74, 6) is -0.144. The maximum Gasteiger partial charge on any atom is 0.237 e. The van der Waals surface area contributed by atoms with Gasteiger partial charge in [-0.1, -0.05) is 36.7 Å². The second kappa shape index (κ2) is 5.87. The van der Waals surface area contributed by atoms with E-state index in [0.717, 1.165) is 5.56 Å². The second-order valence-corrected chi connectivity index (χ2v) is 4.17. The summed E-state index contributed by atoms with van der Waals surface area (Å²) in [6.07, 6.45) is 0.626. The molecule has 0 radical (unpaired) electrons. The molecule has 1 rings (SSSR count). The fraction of sp³-hybridized carbons (Fsp3) is 0.417. The summed E-state index contributed by atoms with van der Waals surface area (Å²) in [6.45, 7) is 3.77. The van der Waals surface area contributed by atoms with Gasteiger partial charge in [-0.2, -0.15) is 0 Å². The second-order valence-electron chi connectivity index (χ2n) is 3.77. The largest absolute Gasteiger partial charge is 0.348 e. The highest BCUT2D eigenvalue weighted by Gasteiger charge is 2.16. The monoisotopic (exact) mass is 240 g/mol. The Kier molecular flexibility index (Phi) is 4.77. The van der Waals surface area contributed by atoms with Crippen molar-refractivity contribution in [2.24, 2.45) is 5.73 Å². The minimum Gasteiger partial charge on any atom is -0.348 e. The number of benzene rings is 1. The molecule has 0 spiro atoms. The van der Waals surface area contributed by atoms with Crippen LogP contribution in [0.1, 0.15) is 31.9 Å². The summed E-state index contributed by atoms with van der Waals surface area (Å²) in [5.41, 5.74) is 6.54. The molecular weight excluding hydrogens is 224 g/mol. The predicted molar refractivity (Wildman–Crippen MR) is 66.3 cm³/mol. The molecule has 1 aromatic rings. The first kappa shape index (κ1) is 13.0. The molecule has 16 heavy (non-hydrogen) atoms. The van der Waals surface area contributed by atoms with Gasteiger partial charge in [-0.25, -0.2) is 0 Å². The number of rotatable bonds is 4. The summed E-state index contributed by atoms with van der Waals surface area (Å²) < 4.78 is 0. The molecule has 0 fully saturated rings. The van der Waals surface area contributed by atoms with Crippen molar-refractivity contribution in [3.05, 3.63) is 34.9 Å². The van der Waals surface area contributed by atoms with Gasteiger partial charge in [0.2, 0.25) is 5.91 Å². The molecule has 0 heterocycles. The molecule has 0 saturated heterocycles. The lowest BCUT2D eigenvalue weighted by molar-refractivity contribution is -0.123. The fourth-order valence-electron chi connectivity index (χ4n) is 1.41. The Bertz CT molecular complexity index is 368. The first-order chi connectivity index (χ1) is 7.56. The van der Waals surface area contributed by atoms with Crippen LogP contribution in [0.5, 0.6) is 0 Å². The summed E-state index contributed by atoms with van der Waals surface area (Å²) in [6, 6.07) is 6.87. The minimum absolute atomic E-state index is 0.126. The number of hydrogen-bond acceptors (Lipinski definition) is 2. The number of nitrogens with one attached hydrogen (secondary N) is 1. The molecule has 2 atom stereocenters. The van der Waals surface area contributed by atoms with Crippen molar-refractivity contribution >= 4 is 17.5 Å². The Morgan fingerprint density at radius 1 is 1.50 bits per heavy atom. The number of amides is 1. The molecule has 1 amide bonds. The molecule has 3 N–H and O–H groups in total. The Morgan fingerprint density at radius 2 is 2.12 bits per heavy atom. The van der Waals surface area contributed by atoms with Gasteiger partial charge in [0, 0.05) is 5.02 Å². The molecule has 1 unspecified atom stereocenters. The van der Waals surface area contributed by atoms with Crippen molar-refractivity contribution in [2.75, 3.05) is 0 Å². The molecule has 4 heteroatoms. The van der Waals surface area contributed by atoms with Crippen LogP contribution in [0.4, 0.5) is 0 Å². The molecule has 0 aliphatic heterocycles. The Hall–Kier alpha value is -1.06. The zero-order valence-corrected chi connectivity index (χ0v) is 10.3. The van der Waals surface area contributed by atoms with E-state index >= 15 is 0 Å². The van der Waals surface area contributed by atoms with Gasteiger partial charge in [0.1, 0.15) is 0 Å². The maximum absolute atomic E-state index is 11.6. The van der Waals surface area contributed by atoms with Crippen LogP contribution in [0.25, 0.3) is 0 Å². The highest BCUT2D eigenvalue weighted by molar-refractivity contribution is 6.31. The maximum atomic E-state index is 11.6. The van der Waals surface area contributed by atoms with Gasteiger partial charge in [-0.15, -0.1) is 0 Å². The normalized spacial score (nSPS) is 14.2. The Morgan fingerprint density at radius 3 is 2.69 bits per heavy atom. The predicted octanol–water partition coefficient (Wildman–Crippen LogP) is 2.25. The van der Waals surface area contributed by atoms with E-state index in [4.69, 9.17) is 17.3 Å². The minimum atomic E-state index is -0.454. The Balaban J connectivity index is 2.69. The van der Waals surface area contributed by atoms with Crippen LogP contribution < -0.4 is 11.1 Å². The van der Waals surface area contributed by atoms with Crippen LogP contribution in [0.2, 0.25) is 5.02 Å². The quantitative estimate of drug-likeness (QED) is 0.848. The lowest BCUT2D eigenvalue weighted by Crippen LogP contribution is -2.41. The molecular formula is C12H17ClN2O. The average molecular weight is 241 g/mol. The lowest BCUT2D eigenvalue weighted by atomic mass is 10.1. The number of nitrogens with two attached hydrogens (primary N) is 1. The van der Waals surface area contributed by atoms with Crippen LogP contribution in [0.3, 0.4) is 0 Å². The summed E-state index contributed by atoms with van der Waals surface area (Å²) >= 11 is 6.03. The molecule has 3 nitrogen and oxygen atoms in total. The van der Waals surface area contributed by atoms with Gasteiger partial charge in [0.25, 0.3) is 0 Å². The third-order valence-corrected chi connectivity index (χ3v) is 2.85. The molecule has 0 aliphatic rings. The third-order valence-electron chi connectivity index (χ3n) is 2.51. The number of hydrogen-bond donors (Lipinski definition) is 2. The van der Waals surface area contributed by atoms with E-state index in [1.807, 2.05) is 32.0 Å². The van der Waals surface area contributed by atoms with Crippen LogP contribution in [0, 0.1) is 0 Å². The molecule has 88 valence electrons. The van der Waals surface area contributed by atoms with Crippen molar-refractivity contribution in [3.8, 4) is 0 Å². The SMILES string of the molecule is CCC(N)C(=O)N[C@@H](C)c1ccccc1Cl. The molecule has 0 aromatic heterocycles. The van der Waals surface area contributed by atoms with E-state index in [9.17, 15) is 4.79 Å². The van der Waals surface area contributed by atoms with Gasteiger partial charge < -0.3 is 11.1 Å². The summed E-state index contributed by atoms with van der Waals surface area (Å²) in [5, 5.41) is 3.49.